The van der Waals surface area contributed by atoms with E-state index in [-0.39, 0.29) is 6.04 Å². The molecule has 0 unspecified atom stereocenters. The average molecular weight is 225 g/mol. The Balaban J connectivity index is 2.04. The van der Waals surface area contributed by atoms with Crippen molar-refractivity contribution in [3.63, 3.8) is 0 Å². The molecule has 1 heteroatoms. The summed E-state index contributed by atoms with van der Waals surface area (Å²) in [5.41, 5.74) is 7.80. The van der Waals surface area contributed by atoms with Crippen LogP contribution in [-0.4, -0.2) is 0 Å². The van der Waals surface area contributed by atoms with Gasteiger partial charge in [-0.25, -0.2) is 0 Å². The van der Waals surface area contributed by atoms with E-state index in [1.165, 1.54) is 42.0 Å². The number of rotatable bonds is 2. The highest BCUT2D eigenvalue weighted by molar-refractivity contribution is 5.86. The molecule has 1 aliphatic rings. The Morgan fingerprint density at radius 1 is 0.941 bits per heavy atom. The van der Waals surface area contributed by atoms with Crippen LogP contribution in [0, 0.1) is 5.92 Å². The first-order valence-electron chi connectivity index (χ1n) is 6.59. The fourth-order valence-electron chi connectivity index (χ4n) is 3.11. The number of hydrogen-bond acceptors (Lipinski definition) is 1. The van der Waals surface area contributed by atoms with Crippen molar-refractivity contribution in [3.8, 4) is 0 Å². The van der Waals surface area contributed by atoms with E-state index in [4.69, 9.17) is 5.73 Å². The Morgan fingerprint density at radius 3 is 2.47 bits per heavy atom. The van der Waals surface area contributed by atoms with Crippen molar-refractivity contribution >= 4 is 10.8 Å². The zero-order valence-electron chi connectivity index (χ0n) is 10.1. The second-order valence-corrected chi connectivity index (χ2v) is 5.14. The van der Waals surface area contributed by atoms with Crippen LogP contribution in [0.15, 0.2) is 42.5 Å². The number of benzene rings is 2. The predicted molar refractivity (Wildman–Crippen MR) is 72.8 cm³/mol. The van der Waals surface area contributed by atoms with Crippen molar-refractivity contribution < 1.29 is 0 Å². The fourth-order valence-corrected chi connectivity index (χ4v) is 3.11. The molecule has 1 fully saturated rings. The predicted octanol–water partition coefficient (Wildman–Crippen LogP) is 4.03. The normalized spacial score (nSPS) is 18.6. The second kappa shape index (κ2) is 4.50. The second-order valence-electron chi connectivity index (χ2n) is 5.14. The average Bonchev–Trinajstić information content (AvgIpc) is 2.91. The van der Waals surface area contributed by atoms with E-state index in [0.29, 0.717) is 5.92 Å². The molecule has 0 radical (unpaired) electrons. The molecule has 2 aromatic carbocycles. The van der Waals surface area contributed by atoms with Gasteiger partial charge in [-0.2, -0.15) is 0 Å². The van der Waals surface area contributed by atoms with Gasteiger partial charge in [-0.05, 0) is 35.1 Å². The van der Waals surface area contributed by atoms with Crippen molar-refractivity contribution in [1.29, 1.82) is 0 Å². The van der Waals surface area contributed by atoms with Gasteiger partial charge in [0.2, 0.25) is 0 Å². The highest BCUT2D eigenvalue weighted by Gasteiger charge is 2.24. The minimum atomic E-state index is 0.212. The van der Waals surface area contributed by atoms with Gasteiger partial charge in [0, 0.05) is 6.04 Å². The summed E-state index contributed by atoms with van der Waals surface area (Å²) in [6.07, 6.45) is 5.29. The summed E-state index contributed by atoms with van der Waals surface area (Å²) in [6.45, 7) is 0. The molecule has 88 valence electrons. The maximum atomic E-state index is 6.47. The van der Waals surface area contributed by atoms with Gasteiger partial charge < -0.3 is 5.73 Å². The number of nitrogens with two attached hydrogens (primary N) is 1. The summed E-state index contributed by atoms with van der Waals surface area (Å²) in [5.74, 6) is 0.681. The first kappa shape index (κ1) is 10.8. The summed E-state index contributed by atoms with van der Waals surface area (Å²) in [5, 5.41) is 2.63. The van der Waals surface area contributed by atoms with Crippen molar-refractivity contribution in [2.75, 3.05) is 0 Å². The molecule has 17 heavy (non-hydrogen) atoms. The van der Waals surface area contributed by atoms with Gasteiger partial charge in [0.25, 0.3) is 0 Å². The Morgan fingerprint density at radius 2 is 1.65 bits per heavy atom. The lowest BCUT2D eigenvalue weighted by atomic mass is 9.89. The van der Waals surface area contributed by atoms with Crippen LogP contribution in [0.1, 0.15) is 37.3 Å². The summed E-state index contributed by atoms with van der Waals surface area (Å²) < 4.78 is 0. The topological polar surface area (TPSA) is 26.0 Å². The van der Waals surface area contributed by atoms with Crippen LogP contribution < -0.4 is 5.73 Å². The van der Waals surface area contributed by atoms with Gasteiger partial charge in [-0.15, -0.1) is 0 Å². The highest BCUT2D eigenvalue weighted by Crippen LogP contribution is 2.36. The van der Waals surface area contributed by atoms with Crippen LogP contribution in [0.25, 0.3) is 10.8 Å². The molecule has 0 saturated heterocycles. The highest BCUT2D eigenvalue weighted by atomic mass is 14.7. The van der Waals surface area contributed by atoms with Gasteiger partial charge >= 0.3 is 0 Å². The molecule has 2 N–H and O–H groups in total. The van der Waals surface area contributed by atoms with Gasteiger partial charge in [0.1, 0.15) is 0 Å². The molecule has 0 aliphatic heterocycles. The zero-order chi connectivity index (χ0) is 11.7. The van der Waals surface area contributed by atoms with Crippen molar-refractivity contribution in [2.24, 2.45) is 11.7 Å². The van der Waals surface area contributed by atoms with Crippen LogP contribution in [0.5, 0.6) is 0 Å². The van der Waals surface area contributed by atoms with E-state index in [9.17, 15) is 0 Å². The molecule has 1 aliphatic carbocycles. The lowest BCUT2D eigenvalue weighted by Crippen LogP contribution is -2.19. The lowest BCUT2D eigenvalue weighted by Gasteiger charge is -2.20. The van der Waals surface area contributed by atoms with Gasteiger partial charge in [-0.3, -0.25) is 0 Å². The van der Waals surface area contributed by atoms with Crippen LogP contribution in [0.4, 0.5) is 0 Å². The minimum absolute atomic E-state index is 0.212. The third-order valence-corrected chi connectivity index (χ3v) is 4.09. The SMILES string of the molecule is N[C@H](c1cccc2ccccc12)C1CCCC1. The van der Waals surface area contributed by atoms with E-state index in [2.05, 4.69) is 42.5 Å². The lowest BCUT2D eigenvalue weighted by molar-refractivity contribution is 0.447. The number of hydrogen-bond donors (Lipinski definition) is 1. The molecule has 0 heterocycles. The molecule has 1 atom stereocenters. The van der Waals surface area contributed by atoms with E-state index in [1.807, 2.05) is 0 Å². The quantitative estimate of drug-likeness (QED) is 0.820. The van der Waals surface area contributed by atoms with Crippen molar-refractivity contribution in [1.82, 2.24) is 0 Å². The molecular weight excluding hydrogens is 206 g/mol. The first-order valence-corrected chi connectivity index (χ1v) is 6.59. The van der Waals surface area contributed by atoms with Crippen LogP contribution in [0.3, 0.4) is 0 Å². The molecule has 0 aromatic heterocycles. The first-order chi connectivity index (χ1) is 8.36. The smallest absolute Gasteiger partial charge is 0.0329 e. The molecule has 2 aromatic rings. The van der Waals surface area contributed by atoms with E-state index in [0.717, 1.165) is 0 Å². The maximum absolute atomic E-state index is 6.47. The third kappa shape index (κ3) is 1.96. The van der Waals surface area contributed by atoms with Crippen LogP contribution >= 0.6 is 0 Å². The molecule has 0 amide bonds. The standard InChI is InChI=1S/C16H19N/c17-16(13-7-1-2-8-13)15-11-5-9-12-6-3-4-10-14(12)15/h3-6,9-11,13,16H,1-2,7-8,17H2/t16-/m0/s1. The van der Waals surface area contributed by atoms with Crippen LogP contribution in [0.2, 0.25) is 0 Å². The van der Waals surface area contributed by atoms with Gasteiger partial charge in [0.15, 0.2) is 0 Å². The minimum Gasteiger partial charge on any atom is -0.324 e. The molecule has 0 spiro atoms. The van der Waals surface area contributed by atoms with E-state index < -0.39 is 0 Å². The van der Waals surface area contributed by atoms with E-state index >= 15 is 0 Å². The summed E-state index contributed by atoms with van der Waals surface area (Å²) in [7, 11) is 0. The summed E-state index contributed by atoms with van der Waals surface area (Å²) >= 11 is 0. The molecule has 0 bridgehead atoms. The monoisotopic (exact) mass is 225 g/mol. The number of fused-ring (bicyclic) bond motifs is 1. The Labute approximate surface area is 103 Å². The largest absolute Gasteiger partial charge is 0.324 e. The maximum Gasteiger partial charge on any atom is 0.0329 e. The summed E-state index contributed by atoms with van der Waals surface area (Å²) in [4.78, 5) is 0. The summed E-state index contributed by atoms with van der Waals surface area (Å²) in [6, 6.07) is 15.3. The molecule has 1 saturated carbocycles. The Bertz CT molecular complexity index is 506. The van der Waals surface area contributed by atoms with Crippen molar-refractivity contribution in [2.45, 2.75) is 31.7 Å². The fraction of sp³-hybridized carbons (Fsp3) is 0.375. The molecule has 3 rings (SSSR count). The Kier molecular flexibility index (Phi) is 2.86. The van der Waals surface area contributed by atoms with Crippen LogP contribution in [-0.2, 0) is 0 Å². The zero-order valence-corrected chi connectivity index (χ0v) is 10.1. The molecule has 1 nitrogen and oxygen atoms in total. The Hall–Kier alpha value is -1.34. The van der Waals surface area contributed by atoms with Crippen molar-refractivity contribution in [3.05, 3.63) is 48.0 Å². The third-order valence-electron chi connectivity index (χ3n) is 4.09. The molecular formula is C16H19N. The van der Waals surface area contributed by atoms with Gasteiger partial charge in [-0.1, -0.05) is 55.3 Å². The van der Waals surface area contributed by atoms with Gasteiger partial charge in [0.05, 0.1) is 0 Å². The van der Waals surface area contributed by atoms with E-state index in [1.54, 1.807) is 0 Å².